The quantitative estimate of drug-likeness (QED) is 0.633. The second-order valence-electron chi connectivity index (χ2n) is 3.91. The topological polar surface area (TPSA) is 32.4 Å². The van der Waals surface area contributed by atoms with Crippen LogP contribution in [0.5, 0.6) is 0 Å². The Morgan fingerprint density at radius 3 is 2.71 bits per heavy atom. The Bertz CT molecular complexity index is 290. The van der Waals surface area contributed by atoms with Gasteiger partial charge in [-0.25, -0.2) is 0 Å². The van der Waals surface area contributed by atoms with Crippen molar-refractivity contribution in [3.05, 3.63) is 17.8 Å². The van der Waals surface area contributed by atoms with E-state index in [1.807, 2.05) is 27.0 Å². The van der Waals surface area contributed by atoms with E-state index in [0.29, 0.717) is 0 Å². The van der Waals surface area contributed by atoms with E-state index in [2.05, 4.69) is 12.0 Å². The van der Waals surface area contributed by atoms with Gasteiger partial charge in [0.2, 0.25) is 5.78 Å². The molecule has 3 heteroatoms. The highest BCUT2D eigenvalue weighted by Crippen LogP contribution is 2.23. The second kappa shape index (κ2) is 4.49. The van der Waals surface area contributed by atoms with Crippen LogP contribution in [0.25, 0.3) is 0 Å². The Morgan fingerprint density at radius 2 is 2.21 bits per heavy atom. The summed E-state index contributed by atoms with van der Waals surface area (Å²) in [5, 5.41) is 4.30. The van der Waals surface area contributed by atoms with E-state index in [-0.39, 0.29) is 11.7 Å². The van der Waals surface area contributed by atoms with Gasteiger partial charge in [0.25, 0.3) is 0 Å². The molecule has 77 valence electrons. The number of hydrogen-bond acceptors (Lipinski definition) is 2. The molecular weight excluding hydrogens is 176 g/mol. The number of Topliss-reactive ketones (excluding diaryl/α,β-unsaturated/α-hetero) is 1. The summed E-state index contributed by atoms with van der Waals surface area (Å²) in [6.07, 6.45) is 3.91. The van der Waals surface area contributed by atoms with Gasteiger partial charge in [0.15, 0.2) is 7.05 Å². The van der Waals surface area contributed by atoms with Crippen LogP contribution in [0.15, 0.2) is 16.9 Å². The summed E-state index contributed by atoms with van der Waals surface area (Å²) in [7, 11) is 1.83. The van der Waals surface area contributed by atoms with Gasteiger partial charge in [-0.2, -0.15) is 0 Å². The molecular formula is C11H18N2O+. The molecule has 1 radical (unpaired) electrons. The number of carbonyl (C=O) groups is 1. The van der Waals surface area contributed by atoms with Crippen molar-refractivity contribution in [3.63, 3.8) is 0 Å². The fourth-order valence-corrected chi connectivity index (χ4v) is 1.43. The lowest BCUT2D eigenvalue weighted by molar-refractivity contribution is -0.528. The van der Waals surface area contributed by atoms with Crippen molar-refractivity contribution in [2.75, 3.05) is 7.05 Å². The molecule has 1 aliphatic rings. The molecule has 0 N–H and O–H groups in total. The van der Waals surface area contributed by atoms with Crippen LogP contribution in [0.3, 0.4) is 0 Å². The van der Waals surface area contributed by atoms with Crippen molar-refractivity contribution in [1.82, 2.24) is 0 Å². The number of carbonyl (C=O) groups excluding carboxylic acids is 1. The number of likely N-dealkylation sites (N-methyl/N-ethyl adjacent to an activating group) is 1. The first-order valence-corrected chi connectivity index (χ1v) is 5.13. The highest BCUT2D eigenvalue weighted by molar-refractivity contribution is 5.93. The monoisotopic (exact) mass is 194 g/mol. The number of hydrogen-bond donors (Lipinski definition) is 0. The molecule has 0 spiro atoms. The third kappa shape index (κ3) is 2.28. The minimum atomic E-state index is 0.0416. The van der Waals surface area contributed by atoms with E-state index >= 15 is 0 Å². The predicted molar refractivity (Wildman–Crippen MR) is 54.7 cm³/mol. The first kappa shape index (κ1) is 11.1. The number of azo groups is 2. The third-order valence-corrected chi connectivity index (χ3v) is 2.21. The highest BCUT2D eigenvalue weighted by Gasteiger charge is 2.35. The largest absolute Gasteiger partial charge is 0.342 e. The number of allylic oxidation sites excluding steroid dienone is 1. The number of rotatable bonds is 4. The standard InChI is InChI=1S/C11H18N2O/c1-5-6-9-7-10(13(4)12-9)11(14)8(2)3/h7-8H,5-6H2,1-4H3/q+1. The number of nitrogens with zero attached hydrogens (tertiary/aromatic N) is 2. The van der Waals surface area contributed by atoms with Crippen molar-refractivity contribution < 1.29 is 9.49 Å². The minimum Gasteiger partial charge on any atom is -0.291 e. The van der Waals surface area contributed by atoms with Crippen molar-refractivity contribution in [2.24, 2.45) is 11.0 Å². The van der Waals surface area contributed by atoms with E-state index in [1.54, 1.807) is 4.70 Å². The zero-order chi connectivity index (χ0) is 10.7. The van der Waals surface area contributed by atoms with E-state index in [0.717, 1.165) is 24.6 Å². The summed E-state index contributed by atoms with van der Waals surface area (Å²) < 4.78 is 1.69. The van der Waals surface area contributed by atoms with E-state index in [9.17, 15) is 4.79 Å². The summed E-state index contributed by atoms with van der Waals surface area (Å²) in [5.41, 5.74) is 1.01. The zero-order valence-corrected chi connectivity index (χ0v) is 9.37. The summed E-state index contributed by atoms with van der Waals surface area (Å²) >= 11 is 0. The van der Waals surface area contributed by atoms with E-state index in [4.69, 9.17) is 0 Å². The molecule has 14 heavy (non-hydrogen) atoms. The molecule has 0 unspecified atom stereocenters. The van der Waals surface area contributed by atoms with Crippen LogP contribution in [0.4, 0.5) is 0 Å². The van der Waals surface area contributed by atoms with Gasteiger partial charge in [-0.3, -0.25) is 4.79 Å². The van der Waals surface area contributed by atoms with Gasteiger partial charge in [0.05, 0.1) is 0 Å². The molecule has 0 aliphatic carbocycles. The molecule has 0 atom stereocenters. The average Bonchev–Trinajstić information content (AvgIpc) is 2.46. The molecule has 0 aromatic carbocycles. The Balaban J connectivity index is 2.74. The van der Waals surface area contributed by atoms with Gasteiger partial charge in [-0.05, 0) is 11.5 Å². The number of ketones is 1. The molecule has 1 heterocycles. The maximum atomic E-state index is 11.7. The molecule has 3 nitrogen and oxygen atoms in total. The average molecular weight is 194 g/mol. The molecule has 0 fully saturated rings. The normalized spacial score (nSPS) is 17.2. The summed E-state index contributed by atoms with van der Waals surface area (Å²) in [6.45, 7) is 5.93. The molecule has 0 aromatic rings. The van der Waals surface area contributed by atoms with Crippen LogP contribution in [0, 0.1) is 12.0 Å². The maximum absolute atomic E-state index is 11.7. The Labute approximate surface area is 85.5 Å². The van der Waals surface area contributed by atoms with E-state index in [1.165, 1.54) is 0 Å². The van der Waals surface area contributed by atoms with Crippen molar-refractivity contribution in [2.45, 2.75) is 33.6 Å². The maximum Gasteiger partial charge on any atom is 0.342 e. The third-order valence-electron chi connectivity index (χ3n) is 2.21. The molecule has 1 rings (SSSR count). The first-order valence-electron chi connectivity index (χ1n) is 5.13. The van der Waals surface area contributed by atoms with Crippen LogP contribution in [-0.2, 0) is 4.79 Å². The van der Waals surface area contributed by atoms with Crippen molar-refractivity contribution >= 4 is 5.78 Å². The van der Waals surface area contributed by atoms with Crippen LogP contribution >= 0.6 is 0 Å². The van der Waals surface area contributed by atoms with Crippen LogP contribution in [-0.4, -0.2) is 17.5 Å². The highest BCUT2D eigenvalue weighted by atomic mass is 16.1. The van der Waals surface area contributed by atoms with Crippen LogP contribution < -0.4 is 0 Å². The lowest BCUT2D eigenvalue weighted by Gasteiger charge is -2.02. The fraction of sp³-hybridized carbons (Fsp3) is 0.636. The Morgan fingerprint density at radius 1 is 1.57 bits per heavy atom. The predicted octanol–water partition coefficient (Wildman–Crippen LogP) is 2.54. The lowest BCUT2D eigenvalue weighted by atomic mass is 10.0. The van der Waals surface area contributed by atoms with Gasteiger partial charge >= 0.3 is 6.04 Å². The molecule has 0 saturated carbocycles. The fourth-order valence-electron chi connectivity index (χ4n) is 1.43. The van der Waals surface area contributed by atoms with Gasteiger partial charge < -0.3 is 0 Å². The molecule has 0 amide bonds. The molecule has 0 aromatic heterocycles. The van der Waals surface area contributed by atoms with Gasteiger partial charge in [-0.15, -0.1) is 0 Å². The smallest absolute Gasteiger partial charge is 0.291 e. The van der Waals surface area contributed by atoms with E-state index < -0.39 is 0 Å². The Kier molecular flexibility index (Phi) is 3.55. The second-order valence-corrected chi connectivity index (χ2v) is 3.91. The lowest BCUT2D eigenvalue weighted by Crippen LogP contribution is -2.22. The van der Waals surface area contributed by atoms with Gasteiger partial charge in [0, 0.05) is 12.0 Å². The van der Waals surface area contributed by atoms with Gasteiger partial charge in [-0.1, -0.05) is 31.9 Å². The molecule has 0 bridgehead atoms. The first-order chi connectivity index (χ1) is 6.56. The Hall–Kier alpha value is -0.990. The molecule has 0 saturated heterocycles. The summed E-state index contributed by atoms with van der Waals surface area (Å²) in [5.74, 6) is 0.210. The van der Waals surface area contributed by atoms with Crippen molar-refractivity contribution in [3.8, 4) is 0 Å². The van der Waals surface area contributed by atoms with Crippen LogP contribution in [0.1, 0.15) is 33.6 Å². The SMILES string of the molecule is CCCC1=C[C](C(=O)C(C)C)[N+](C)=N1. The molecule has 1 aliphatic heterocycles. The minimum absolute atomic E-state index is 0.0416. The zero-order valence-electron chi connectivity index (χ0n) is 9.37. The summed E-state index contributed by atoms with van der Waals surface area (Å²) in [4.78, 5) is 11.7. The van der Waals surface area contributed by atoms with Gasteiger partial charge in [0.1, 0.15) is 5.70 Å². The van der Waals surface area contributed by atoms with Crippen molar-refractivity contribution in [1.29, 1.82) is 0 Å². The summed E-state index contributed by atoms with van der Waals surface area (Å²) in [6, 6.07) is 0.725. The van der Waals surface area contributed by atoms with Crippen LogP contribution in [0.2, 0.25) is 0 Å².